The Kier molecular flexibility index (Phi) is 9.36. The van der Waals surface area contributed by atoms with Crippen molar-refractivity contribution in [2.45, 2.75) is 25.0 Å². The maximum atomic E-state index is 14.0. The zero-order chi connectivity index (χ0) is 37.1. The first kappa shape index (κ1) is 34.5. The summed E-state index contributed by atoms with van der Waals surface area (Å²) in [4.78, 5) is 14.0. The van der Waals surface area contributed by atoms with Crippen LogP contribution in [0.5, 0.6) is 11.5 Å². The molecule has 0 N–H and O–H groups in total. The van der Waals surface area contributed by atoms with E-state index in [1.165, 1.54) is 21.5 Å². The van der Waals surface area contributed by atoms with Gasteiger partial charge < -0.3 is 13.9 Å². The van der Waals surface area contributed by atoms with Gasteiger partial charge in [-0.25, -0.2) is 0 Å². The van der Waals surface area contributed by atoms with E-state index in [4.69, 9.17) is 13.9 Å². The Bertz CT molecular complexity index is 2450. The van der Waals surface area contributed by atoms with E-state index in [2.05, 4.69) is 103 Å². The molecule has 0 saturated carbocycles. The lowest BCUT2D eigenvalue weighted by atomic mass is 9.97. The average molecular weight is 736 g/mol. The van der Waals surface area contributed by atoms with E-state index >= 15 is 0 Å². The first-order chi connectivity index (χ1) is 27.2. The predicted molar refractivity (Wildman–Crippen MR) is 226 cm³/mol. The summed E-state index contributed by atoms with van der Waals surface area (Å²) in [5.74, 6) is -0.265. The third-order valence-electron chi connectivity index (χ3n) is 10.7. The van der Waals surface area contributed by atoms with Crippen LogP contribution in [0.15, 0.2) is 204 Å². The second-order valence-electron chi connectivity index (χ2n) is 14.0. The second kappa shape index (κ2) is 14.9. The number of ether oxygens (including phenoxy) is 2. The summed E-state index contributed by atoms with van der Waals surface area (Å²) < 4.78 is 19.5. The summed E-state index contributed by atoms with van der Waals surface area (Å²) in [5, 5.41) is 4.70. The molecule has 55 heavy (non-hydrogen) atoms. The first-order valence-electron chi connectivity index (χ1n) is 18.9. The number of rotatable bonds is 11. The Balaban J connectivity index is 0.947. The van der Waals surface area contributed by atoms with Gasteiger partial charge >= 0.3 is 5.79 Å². The molecule has 0 spiro atoms. The minimum absolute atomic E-state index is 0.111. The van der Waals surface area contributed by atoms with E-state index in [1.54, 1.807) is 18.4 Å². The molecule has 0 aliphatic carbocycles. The number of hydrogen-bond donors (Lipinski definition) is 0. The maximum Gasteiger partial charge on any atom is 0.305 e. The fourth-order valence-electron chi connectivity index (χ4n) is 7.98. The molecular weight excluding hydrogens is 696 g/mol. The Labute approximate surface area is 322 Å². The molecule has 0 unspecified atom stereocenters. The second-order valence-corrected chi connectivity index (χ2v) is 17.6. The van der Waals surface area contributed by atoms with Crippen LogP contribution in [-0.2, 0) is 12.2 Å². The van der Waals surface area contributed by atoms with Crippen LogP contribution in [0.1, 0.15) is 29.5 Å². The highest BCUT2D eigenvalue weighted by Gasteiger charge is 2.47. The summed E-state index contributed by atoms with van der Waals surface area (Å²) in [6.07, 6.45) is 5.76. The van der Waals surface area contributed by atoms with E-state index in [0.29, 0.717) is 28.0 Å². The molecule has 8 aromatic rings. The van der Waals surface area contributed by atoms with Gasteiger partial charge in [0, 0.05) is 11.1 Å². The molecule has 1 aliphatic rings. The lowest BCUT2D eigenvalue weighted by Crippen LogP contribution is -2.36. The molecule has 0 atom stereocenters. The quantitative estimate of drug-likeness (QED) is 0.0980. The highest BCUT2D eigenvalue weighted by Crippen LogP contribution is 2.56. The van der Waals surface area contributed by atoms with Crippen LogP contribution in [0.4, 0.5) is 0 Å². The van der Waals surface area contributed by atoms with Crippen molar-refractivity contribution in [1.82, 2.24) is 0 Å². The standard InChI is InChI=1S/C50H40O4P/c51-47-44-33-34-46-49(54-50(53-46,39-19-6-1-7-20-39)40-21-8-2-9-22-40)48(44)52-36-45(47)38-31-29-37(30-32-38)18-16-17-35-55(41-23-10-3-11-24-41,42-25-12-4-13-26-42)43-27-14-5-15-28-43/h1-15,19-34,36H,16-18,35H2/q+1. The highest BCUT2D eigenvalue weighted by molar-refractivity contribution is 7.95. The monoisotopic (exact) mass is 735 g/mol. The fraction of sp³-hybridized carbons (Fsp3) is 0.100. The van der Waals surface area contributed by atoms with Crippen molar-refractivity contribution >= 4 is 34.1 Å². The van der Waals surface area contributed by atoms with E-state index in [-0.39, 0.29) is 5.43 Å². The van der Waals surface area contributed by atoms with Gasteiger partial charge in [0.15, 0.2) is 11.3 Å². The average Bonchev–Trinajstić information content (AvgIpc) is 3.68. The predicted octanol–water partition coefficient (Wildman–Crippen LogP) is 10.4. The molecule has 0 bridgehead atoms. The fourth-order valence-corrected chi connectivity index (χ4v) is 12.4. The lowest BCUT2D eigenvalue weighted by molar-refractivity contribution is -0.0456. The molecule has 268 valence electrons. The van der Waals surface area contributed by atoms with E-state index in [9.17, 15) is 4.79 Å². The van der Waals surface area contributed by atoms with Gasteiger partial charge in [-0.2, -0.15) is 0 Å². The number of fused-ring (bicyclic) bond motifs is 3. The molecule has 2 heterocycles. The largest absolute Gasteiger partial charge is 0.459 e. The van der Waals surface area contributed by atoms with Crippen molar-refractivity contribution < 1.29 is 13.9 Å². The van der Waals surface area contributed by atoms with Gasteiger partial charge in [-0.05, 0) is 78.9 Å². The van der Waals surface area contributed by atoms with Crippen molar-refractivity contribution in [2.24, 2.45) is 0 Å². The SMILES string of the molecule is O=c1c(-c2ccc(CCCC[P+](c3ccccc3)(c3ccccc3)c3ccccc3)cc2)coc2c3c(ccc12)OC(c1ccccc1)(c1ccccc1)O3. The van der Waals surface area contributed by atoms with Gasteiger partial charge in [-0.3, -0.25) is 4.79 Å². The Morgan fingerprint density at radius 2 is 1.02 bits per heavy atom. The van der Waals surface area contributed by atoms with Crippen LogP contribution >= 0.6 is 7.26 Å². The van der Waals surface area contributed by atoms with E-state index < -0.39 is 13.0 Å². The first-order valence-corrected chi connectivity index (χ1v) is 20.8. The Morgan fingerprint density at radius 1 is 0.509 bits per heavy atom. The van der Waals surface area contributed by atoms with Crippen LogP contribution in [0, 0.1) is 0 Å². The van der Waals surface area contributed by atoms with Crippen LogP contribution in [0.2, 0.25) is 0 Å². The van der Waals surface area contributed by atoms with Crippen molar-refractivity contribution in [3.8, 4) is 22.6 Å². The van der Waals surface area contributed by atoms with Gasteiger partial charge in [0.25, 0.3) is 0 Å². The molecule has 0 radical (unpaired) electrons. The number of aryl methyl sites for hydroxylation is 1. The number of unbranched alkanes of at least 4 members (excludes halogenated alkanes) is 1. The number of hydrogen-bond acceptors (Lipinski definition) is 4. The van der Waals surface area contributed by atoms with Crippen molar-refractivity contribution in [1.29, 1.82) is 0 Å². The van der Waals surface area contributed by atoms with Crippen LogP contribution < -0.4 is 30.8 Å². The van der Waals surface area contributed by atoms with Crippen LogP contribution in [-0.4, -0.2) is 6.16 Å². The highest BCUT2D eigenvalue weighted by atomic mass is 31.2. The summed E-state index contributed by atoms with van der Waals surface area (Å²) in [6, 6.07) is 64.8. The molecule has 0 amide bonds. The molecular formula is C50H40O4P+. The van der Waals surface area contributed by atoms with Crippen molar-refractivity contribution in [3.05, 3.63) is 221 Å². The van der Waals surface area contributed by atoms with Gasteiger partial charge in [-0.15, -0.1) is 0 Å². The van der Waals surface area contributed by atoms with Crippen molar-refractivity contribution in [2.75, 3.05) is 6.16 Å². The summed E-state index contributed by atoms with van der Waals surface area (Å²) >= 11 is 0. The zero-order valence-electron chi connectivity index (χ0n) is 30.4. The summed E-state index contributed by atoms with van der Waals surface area (Å²) in [6.45, 7) is 0. The molecule has 5 heteroatoms. The van der Waals surface area contributed by atoms with Crippen LogP contribution in [0.3, 0.4) is 0 Å². The van der Waals surface area contributed by atoms with Crippen LogP contribution in [0.25, 0.3) is 22.1 Å². The maximum absolute atomic E-state index is 14.0. The van der Waals surface area contributed by atoms with Gasteiger partial charge in [0.1, 0.15) is 29.4 Å². The Hall–Kier alpha value is -6.22. The van der Waals surface area contributed by atoms with Crippen molar-refractivity contribution in [3.63, 3.8) is 0 Å². The third-order valence-corrected chi connectivity index (χ3v) is 15.3. The topological polar surface area (TPSA) is 48.7 Å². The van der Waals surface area contributed by atoms with Gasteiger partial charge in [0.05, 0.1) is 17.1 Å². The summed E-state index contributed by atoms with van der Waals surface area (Å²) in [5.41, 5.74) is 4.53. The normalized spacial score (nSPS) is 13.2. The minimum atomic E-state index is -1.85. The molecule has 0 fully saturated rings. The molecule has 1 aliphatic heterocycles. The van der Waals surface area contributed by atoms with E-state index in [0.717, 1.165) is 42.1 Å². The Morgan fingerprint density at radius 3 is 1.55 bits per heavy atom. The third kappa shape index (κ3) is 6.33. The number of benzene rings is 7. The zero-order valence-corrected chi connectivity index (χ0v) is 31.3. The van der Waals surface area contributed by atoms with E-state index in [1.807, 2.05) is 72.8 Å². The summed E-state index contributed by atoms with van der Waals surface area (Å²) in [7, 11) is -1.85. The molecule has 7 aromatic carbocycles. The molecule has 0 saturated heterocycles. The lowest BCUT2D eigenvalue weighted by Gasteiger charge is -2.28. The smallest absolute Gasteiger partial charge is 0.305 e. The minimum Gasteiger partial charge on any atom is -0.459 e. The molecule has 4 nitrogen and oxygen atoms in total. The van der Waals surface area contributed by atoms with Gasteiger partial charge in [0.2, 0.25) is 11.2 Å². The molecule has 9 rings (SSSR count). The molecule has 1 aromatic heterocycles. The van der Waals surface area contributed by atoms with Gasteiger partial charge in [-0.1, -0.05) is 140 Å².